The Labute approximate surface area is 218 Å². The predicted octanol–water partition coefficient (Wildman–Crippen LogP) is 3.15. The van der Waals surface area contributed by atoms with Crippen LogP contribution < -0.4 is 5.73 Å². The number of hydrogen-bond donors (Lipinski definition) is 3. The summed E-state index contributed by atoms with van der Waals surface area (Å²) in [5, 5.41) is 10.4. The number of aliphatic hydroxyl groups is 1. The van der Waals surface area contributed by atoms with Crippen LogP contribution in [-0.4, -0.2) is 78.7 Å². The molecule has 9 heteroatoms. The molecule has 4 N–H and O–H groups in total. The maximum atomic E-state index is 13.1. The van der Waals surface area contributed by atoms with E-state index in [1.807, 2.05) is 42.6 Å². The monoisotopic (exact) mass is 524 g/mol. The van der Waals surface area contributed by atoms with E-state index in [4.69, 9.17) is 5.73 Å². The zero-order valence-corrected chi connectivity index (χ0v) is 21.9. The Hall–Kier alpha value is -2.72. The number of likely N-dealkylation sites (tertiary alicyclic amines) is 1. The molecule has 1 atom stereocenters. The van der Waals surface area contributed by atoms with E-state index in [1.165, 1.54) is 0 Å². The van der Waals surface area contributed by atoms with Gasteiger partial charge < -0.3 is 20.7 Å². The highest BCUT2D eigenvalue weighted by Gasteiger charge is 2.31. The molecule has 0 saturated carbocycles. The van der Waals surface area contributed by atoms with E-state index in [9.17, 15) is 18.3 Å². The van der Waals surface area contributed by atoms with Crippen LogP contribution in [0.2, 0.25) is 0 Å². The van der Waals surface area contributed by atoms with Crippen molar-refractivity contribution in [3.63, 3.8) is 0 Å². The summed E-state index contributed by atoms with van der Waals surface area (Å²) >= 11 is 0. The molecule has 3 aromatic rings. The molecule has 5 rings (SSSR count). The number of nitrogens with two attached hydrogens (primary N) is 1. The van der Waals surface area contributed by atoms with Crippen molar-refractivity contribution in [3.8, 4) is 11.1 Å². The molecule has 2 aliphatic heterocycles. The summed E-state index contributed by atoms with van der Waals surface area (Å²) in [6.07, 6.45) is 5.42. The molecule has 3 heterocycles. The Kier molecular flexibility index (Phi) is 7.67. The van der Waals surface area contributed by atoms with Gasteiger partial charge in [0.2, 0.25) is 10.0 Å². The number of primary amides is 1. The van der Waals surface area contributed by atoms with Crippen LogP contribution in [0.1, 0.15) is 47.5 Å². The number of H-pyrrole nitrogens is 1. The number of carbonyl (C=O) groups excluding carboxylic acids is 1. The molecule has 1 amide bonds. The summed E-state index contributed by atoms with van der Waals surface area (Å²) in [4.78, 5) is 17.7. The Balaban J connectivity index is 1.30. The van der Waals surface area contributed by atoms with Crippen LogP contribution in [0.3, 0.4) is 0 Å². The molecular formula is C28H36N4O4S. The fourth-order valence-electron chi connectivity index (χ4n) is 5.90. The van der Waals surface area contributed by atoms with Crippen molar-refractivity contribution in [1.82, 2.24) is 14.2 Å². The second-order valence-electron chi connectivity index (χ2n) is 10.4. The van der Waals surface area contributed by atoms with E-state index in [0.717, 1.165) is 66.4 Å². The van der Waals surface area contributed by atoms with Gasteiger partial charge in [0.15, 0.2) is 0 Å². The van der Waals surface area contributed by atoms with Crippen LogP contribution in [0.4, 0.5) is 0 Å². The number of benzene rings is 2. The van der Waals surface area contributed by atoms with E-state index in [0.29, 0.717) is 25.2 Å². The Morgan fingerprint density at radius 3 is 2.51 bits per heavy atom. The predicted molar refractivity (Wildman–Crippen MR) is 146 cm³/mol. The topological polar surface area (TPSA) is 120 Å². The number of aromatic nitrogens is 1. The Bertz CT molecular complexity index is 1350. The number of piperidine rings is 2. The first-order valence-corrected chi connectivity index (χ1v) is 14.8. The van der Waals surface area contributed by atoms with Gasteiger partial charge in [-0.2, -0.15) is 0 Å². The second kappa shape index (κ2) is 10.9. The van der Waals surface area contributed by atoms with Crippen molar-refractivity contribution < 1.29 is 18.3 Å². The van der Waals surface area contributed by atoms with Crippen LogP contribution >= 0.6 is 0 Å². The van der Waals surface area contributed by atoms with E-state index in [-0.39, 0.29) is 24.2 Å². The SMILES string of the molecule is NC(=O)c1cc(-c2ccccc2)cc2c(C3CCN(S(=O)(=O)CCN4CCCC(CO)C4)CC3)c[nH]c12. The van der Waals surface area contributed by atoms with Gasteiger partial charge in [-0.05, 0) is 72.9 Å². The molecule has 8 nitrogen and oxygen atoms in total. The first kappa shape index (κ1) is 25.9. The number of amides is 1. The normalized spacial score (nSPS) is 20.4. The van der Waals surface area contributed by atoms with Gasteiger partial charge in [-0.3, -0.25) is 4.79 Å². The minimum absolute atomic E-state index is 0.116. The number of nitrogens with zero attached hydrogens (tertiary/aromatic N) is 2. The average Bonchev–Trinajstić information content (AvgIpc) is 3.36. The number of rotatable bonds is 8. The van der Waals surface area contributed by atoms with Gasteiger partial charge >= 0.3 is 0 Å². The molecule has 0 radical (unpaired) electrons. The first-order chi connectivity index (χ1) is 17.9. The van der Waals surface area contributed by atoms with Crippen LogP contribution in [0, 0.1) is 5.92 Å². The third kappa shape index (κ3) is 5.60. The standard InChI is InChI=1S/C28H36N4O4S/c29-28(34)25-16-23(21-6-2-1-3-7-21)15-24-26(17-30-27(24)25)22-8-11-32(12-9-22)37(35,36)14-13-31-10-4-5-20(18-31)19-33/h1-3,6-7,15-17,20,22,30,33H,4-5,8-14,18-19H2,(H2,29,34). The number of hydrogen-bond acceptors (Lipinski definition) is 5. The van der Waals surface area contributed by atoms with Gasteiger partial charge in [0.25, 0.3) is 5.91 Å². The van der Waals surface area contributed by atoms with Gasteiger partial charge in [-0.15, -0.1) is 0 Å². The van der Waals surface area contributed by atoms with E-state index in [2.05, 4.69) is 16.0 Å². The van der Waals surface area contributed by atoms with E-state index >= 15 is 0 Å². The molecule has 1 unspecified atom stereocenters. The lowest BCUT2D eigenvalue weighted by atomic mass is 9.88. The minimum atomic E-state index is -3.34. The molecule has 37 heavy (non-hydrogen) atoms. The van der Waals surface area contributed by atoms with Crippen LogP contribution in [0.15, 0.2) is 48.7 Å². The van der Waals surface area contributed by atoms with Gasteiger partial charge in [-0.25, -0.2) is 12.7 Å². The highest BCUT2D eigenvalue weighted by atomic mass is 32.2. The molecule has 2 saturated heterocycles. The molecular weight excluding hydrogens is 488 g/mol. The molecule has 0 spiro atoms. The third-order valence-electron chi connectivity index (χ3n) is 8.01. The Morgan fingerprint density at radius 2 is 1.81 bits per heavy atom. The number of fused-ring (bicyclic) bond motifs is 1. The van der Waals surface area contributed by atoms with E-state index in [1.54, 1.807) is 4.31 Å². The molecule has 0 bridgehead atoms. The Morgan fingerprint density at radius 1 is 1.05 bits per heavy atom. The maximum absolute atomic E-state index is 13.1. The highest BCUT2D eigenvalue weighted by Crippen LogP contribution is 2.37. The number of aliphatic hydroxyl groups excluding tert-OH is 1. The molecule has 198 valence electrons. The molecule has 2 fully saturated rings. The average molecular weight is 525 g/mol. The number of aromatic amines is 1. The third-order valence-corrected chi connectivity index (χ3v) is 9.86. The van der Waals surface area contributed by atoms with Gasteiger partial charge in [0.05, 0.1) is 16.8 Å². The lowest BCUT2D eigenvalue weighted by molar-refractivity contribution is 0.100. The van der Waals surface area contributed by atoms with Gasteiger partial charge in [-0.1, -0.05) is 30.3 Å². The molecule has 2 aliphatic rings. The highest BCUT2D eigenvalue weighted by molar-refractivity contribution is 7.89. The summed E-state index contributed by atoms with van der Waals surface area (Å²) in [5.74, 6) is 0.0852. The second-order valence-corrected chi connectivity index (χ2v) is 12.5. The summed E-state index contributed by atoms with van der Waals surface area (Å²) in [6, 6.07) is 13.8. The fraction of sp³-hybridized carbons (Fsp3) is 0.464. The maximum Gasteiger partial charge on any atom is 0.250 e. The summed E-state index contributed by atoms with van der Waals surface area (Å²) in [6.45, 7) is 3.32. The minimum Gasteiger partial charge on any atom is -0.396 e. The number of carbonyl (C=O) groups is 1. The summed E-state index contributed by atoms with van der Waals surface area (Å²) in [7, 11) is -3.34. The lowest BCUT2D eigenvalue weighted by Gasteiger charge is -2.34. The zero-order chi connectivity index (χ0) is 26.0. The summed E-state index contributed by atoms with van der Waals surface area (Å²) in [5.41, 5.74) is 9.98. The van der Waals surface area contributed by atoms with Crippen molar-refractivity contribution >= 4 is 26.8 Å². The lowest BCUT2D eigenvalue weighted by Crippen LogP contribution is -2.44. The first-order valence-electron chi connectivity index (χ1n) is 13.2. The number of nitrogens with one attached hydrogen (secondary N) is 1. The summed E-state index contributed by atoms with van der Waals surface area (Å²) < 4.78 is 27.8. The van der Waals surface area contributed by atoms with Crippen LogP contribution in [-0.2, 0) is 10.0 Å². The largest absolute Gasteiger partial charge is 0.396 e. The van der Waals surface area contributed by atoms with Crippen molar-refractivity contribution in [2.45, 2.75) is 31.6 Å². The van der Waals surface area contributed by atoms with Crippen molar-refractivity contribution in [2.24, 2.45) is 11.7 Å². The molecule has 2 aromatic carbocycles. The van der Waals surface area contributed by atoms with Crippen molar-refractivity contribution in [3.05, 3.63) is 59.8 Å². The van der Waals surface area contributed by atoms with Crippen LogP contribution in [0.25, 0.3) is 22.0 Å². The van der Waals surface area contributed by atoms with E-state index < -0.39 is 15.9 Å². The van der Waals surface area contributed by atoms with Crippen molar-refractivity contribution in [1.29, 1.82) is 0 Å². The van der Waals surface area contributed by atoms with Crippen molar-refractivity contribution in [2.75, 3.05) is 45.1 Å². The quantitative estimate of drug-likeness (QED) is 0.418. The van der Waals surface area contributed by atoms with Gasteiger partial charge in [0.1, 0.15) is 0 Å². The molecule has 1 aromatic heterocycles. The molecule has 0 aliphatic carbocycles. The zero-order valence-electron chi connectivity index (χ0n) is 21.1. The van der Waals surface area contributed by atoms with Gasteiger partial charge in [0, 0.05) is 44.4 Å². The number of sulfonamides is 1. The fourth-order valence-corrected chi connectivity index (χ4v) is 7.42. The van der Waals surface area contributed by atoms with Crippen LogP contribution in [0.5, 0.6) is 0 Å². The smallest absolute Gasteiger partial charge is 0.250 e.